The Morgan fingerprint density at radius 3 is 2.44 bits per heavy atom. The zero-order valence-corrected chi connectivity index (χ0v) is 22.3. The second kappa shape index (κ2) is 12.7. The molecule has 0 atom stereocenters. The number of hydrogen-bond acceptors (Lipinski definition) is 3. The Kier molecular flexibility index (Phi) is 9.44. The van der Waals surface area contributed by atoms with E-state index in [4.69, 9.17) is 11.6 Å². The van der Waals surface area contributed by atoms with Crippen LogP contribution in [0.15, 0.2) is 48.5 Å². The molecule has 1 aliphatic carbocycles. The molecule has 6 heteroatoms. The van der Waals surface area contributed by atoms with Gasteiger partial charge in [0.05, 0.1) is 0 Å². The minimum absolute atomic E-state index is 0.0343. The number of rotatable bonds is 9. The fraction of sp³-hybridized carbons (Fsp3) is 0.533. The first-order chi connectivity index (χ1) is 17.4. The molecule has 2 amide bonds. The van der Waals surface area contributed by atoms with Crippen LogP contribution in [0.3, 0.4) is 0 Å². The van der Waals surface area contributed by atoms with Crippen LogP contribution in [0.5, 0.6) is 0 Å². The Labute approximate surface area is 221 Å². The Balaban J connectivity index is 1.19. The van der Waals surface area contributed by atoms with Crippen molar-refractivity contribution in [3.63, 3.8) is 0 Å². The van der Waals surface area contributed by atoms with Crippen LogP contribution < -0.4 is 10.6 Å². The summed E-state index contributed by atoms with van der Waals surface area (Å²) in [6.07, 6.45) is 9.57. The van der Waals surface area contributed by atoms with Crippen molar-refractivity contribution in [2.24, 2.45) is 0 Å². The molecule has 194 valence electrons. The van der Waals surface area contributed by atoms with Gasteiger partial charge in [0.25, 0.3) is 0 Å². The van der Waals surface area contributed by atoms with Crippen LogP contribution in [-0.2, 0) is 15.0 Å². The van der Waals surface area contributed by atoms with E-state index in [2.05, 4.69) is 39.8 Å². The lowest BCUT2D eigenvalue weighted by Crippen LogP contribution is -2.38. The third-order valence-electron chi connectivity index (χ3n) is 8.01. The number of carbonyl (C=O) groups is 2. The highest BCUT2D eigenvalue weighted by molar-refractivity contribution is 6.30. The predicted octanol–water partition coefficient (Wildman–Crippen LogP) is 6.28. The van der Waals surface area contributed by atoms with Crippen LogP contribution >= 0.6 is 11.6 Å². The molecule has 1 saturated carbocycles. The molecular weight excluding hydrogens is 470 g/mol. The third-order valence-corrected chi connectivity index (χ3v) is 8.26. The summed E-state index contributed by atoms with van der Waals surface area (Å²) in [7, 11) is 0. The van der Waals surface area contributed by atoms with Crippen LogP contribution in [-0.4, -0.2) is 42.9 Å². The lowest BCUT2D eigenvalue weighted by atomic mass is 9.67. The van der Waals surface area contributed by atoms with Gasteiger partial charge in [0, 0.05) is 36.0 Å². The summed E-state index contributed by atoms with van der Waals surface area (Å²) in [4.78, 5) is 26.8. The highest BCUT2D eigenvalue weighted by Gasteiger charge is 2.36. The van der Waals surface area contributed by atoms with Crippen molar-refractivity contribution in [3.8, 4) is 0 Å². The Morgan fingerprint density at radius 2 is 1.75 bits per heavy atom. The minimum Gasteiger partial charge on any atom is -0.356 e. The number of carbonyl (C=O) groups excluding carboxylic acids is 2. The lowest BCUT2D eigenvalue weighted by molar-refractivity contribution is -0.122. The fourth-order valence-electron chi connectivity index (χ4n) is 6.06. The number of anilines is 1. The highest BCUT2D eigenvalue weighted by Crippen LogP contribution is 2.42. The van der Waals surface area contributed by atoms with Gasteiger partial charge in [-0.15, -0.1) is 0 Å². The molecule has 0 unspecified atom stereocenters. The van der Waals surface area contributed by atoms with Crippen molar-refractivity contribution in [1.82, 2.24) is 10.2 Å². The lowest BCUT2D eigenvalue weighted by Gasteiger charge is -2.37. The molecule has 1 aliphatic heterocycles. The smallest absolute Gasteiger partial charge is 0.221 e. The average Bonchev–Trinajstić information content (AvgIpc) is 2.88. The molecule has 2 fully saturated rings. The van der Waals surface area contributed by atoms with Crippen molar-refractivity contribution in [2.45, 2.75) is 76.0 Å². The molecular formula is C30H40ClN3O2. The number of piperidine rings is 1. The number of halogens is 1. The number of amides is 2. The van der Waals surface area contributed by atoms with Gasteiger partial charge in [-0.25, -0.2) is 0 Å². The minimum atomic E-state index is -0.0496. The Bertz CT molecular complexity index is 1010. The summed E-state index contributed by atoms with van der Waals surface area (Å²) in [5.74, 6) is 0.673. The van der Waals surface area contributed by atoms with Crippen LogP contribution in [0.25, 0.3) is 0 Å². The molecule has 2 aromatic carbocycles. The number of nitrogens with zero attached hydrogens (tertiary/aromatic N) is 1. The van der Waals surface area contributed by atoms with Crippen molar-refractivity contribution >= 4 is 29.1 Å². The molecule has 2 aliphatic rings. The fourth-order valence-corrected chi connectivity index (χ4v) is 6.19. The number of likely N-dealkylation sites (tertiary alicyclic amines) is 1. The molecule has 5 nitrogen and oxygen atoms in total. The van der Waals surface area contributed by atoms with Crippen molar-refractivity contribution in [2.75, 3.05) is 31.5 Å². The van der Waals surface area contributed by atoms with E-state index in [0.29, 0.717) is 12.3 Å². The first-order valence-electron chi connectivity index (χ1n) is 13.6. The van der Waals surface area contributed by atoms with Crippen LogP contribution in [0.2, 0.25) is 5.02 Å². The molecule has 2 N–H and O–H groups in total. The van der Waals surface area contributed by atoms with E-state index in [-0.39, 0.29) is 17.2 Å². The van der Waals surface area contributed by atoms with E-state index in [1.54, 1.807) is 6.92 Å². The molecule has 2 aromatic rings. The maximum Gasteiger partial charge on any atom is 0.221 e. The van der Waals surface area contributed by atoms with Gasteiger partial charge in [0.1, 0.15) is 0 Å². The van der Waals surface area contributed by atoms with Gasteiger partial charge < -0.3 is 15.5 Å². The first kappa shape index (κ1) is 26.7. The summed E-state index contributed by atoms with van der Waals surface area (Å²) in [5.41, 5.74) is 3.40. The summed E-state index contributed by atoms with van der Waals surface area (Å²) < 4.78 is 0. The molecule has 36 heavy (non-hydrogen) atoms. The van der Waals surface area contributed by atoms with Gasteiger partial charge in [-0.1, -0.05) is 55.1 Å². The zero-order chi connectivity index (χ0) is 25.4. The first-order valence-corrected chi connectivity index (χ1v) is 13.9. The van der Waals surface area contributed by atoms with Crippen molar-refractivity contribution < 1.29 is 9.59 Å². The quantitative estimate of drug-likeness (QED) is 0.391. The van der Waals surface area contributed by atoms with E-state index in [1.807, 2.05) is 24.3 Å². The van der Waals surface area contributed by atoms with Crippen LogP contribution in [0, 0.1) is 0 Å². The molecule has 0 bridgehead atoms. The number of hydrogen-bond donors (Lipinski definition) is 2. The number of benzene rings is 2. The van der Waals surface area contributed by atoms with Crippen molar-refractivity contribution in [1.29, 1.82) is 0 Å². The van der Waals surface area contributed by atoms with Gasteiger partial charge >= 0.3 is 0 Å². The van der Waals surface area contributed by atoms with E-state index in [1.165, 1.54) is 30.4 Å². The summed E-state index contributed by atoms with van der Waals surface area (Å²) in [5, 5.41) is 6.84. The second-order valence-corrected chi connectivity index (χ2v) is 11.1. The molecule has 0 aromatic heterocycles. The normalized spacial score (nSPS) is 18.5. The van der Waals surface area contributed by atoms with Gasteiger partial charge in [-0.2, -0.15) is 0 Å². The van der Waals surface area contributed by atoms with Crippen LogP contribution in [0.4, 0.5) is 5.69 Å². The van der Waals surface area contributed by atoms with Gasteiger partial charge in [0.2, 0.25) is 11.8 Å². The summed E-state index contributed by atoms with van der Waals surface area (Å²) in [6.45, 7) is 5.43. The molecule has 4 rings (SSSR count). The van der Waals surface area contributed by atoms with E-state index in [0.717, 1.165) is 69.0 Å². The van der Waals surface area contributed by atoms with Gasteiger partial charge in [-0.3, -0.25) is 9.59 Å². The molecule has 1 heterocycles. The Morgan fingerprint density at radius 1 is 1.03 bits per heavy atom. The standard InChI is InChI=1S/C30H40ClN3O2/c1-23(35)33-28-8-5-7-25(21-28)24-13-19-34(20-14-24)18-6-17-32-29(36)22-30(15-3-2-4-16-30)26-9-11-27(31)12-10-26/h5,7-12,21,24H,2-4,6,13-20,22H2,1H3,(H,32,36)(H,33,35). The zero-order valence-electron chi connectivity index (χ0n) is 21.5. The van der Waals surface area contributed by atoms with E-state index in [9.17, 15) is 9.59 Å². The van der Waals surface area contributed by atoms with Gasteiger partial charge in [-0.05, 0) is 93.0 Å². The van der Waals surface area contributed by atoms with Crippen molar-refractivity contribution in [3.05, 3.63) is 64.7 Å². The van der Waals surface area contributed by atoms with Crippen LogP contribution in [0.1, 0.15) is 81.8 Å². The topological polar surface area (TPSA) is 61.4 Å². The molecule has 1 saturated heterocycles. The predicted molar refractivity (Wildman–Crippen MR) is 148 cm³/mol. The summed E-state index contributed by atoms with van der Waals surface area (Å²) >= 11 is 6.11. The Hall–Kier alpha value is -2.37. The largest absolute Gasteiger partial charge is 0.356 e. The number of nitrogens with one attached hydrogen (secondary N) is 2. The summed E-state index contributed by atoms with van der Waals surface area (Å²) in [6, 6.07) is 16.4. The second-order valence-electron chi connectivity index (χ2n) is 10.7. The maximum absolute atomic E-state index is 12.9. The maximum atomic E-state index is 12.9. The monoisotopic (exact) mass is 509 g/mol. The highest BCUT2D eigenvalue weighted by atomic mass is 35.5. The SMILES string of the molecule is CC(=O)Nc1cccc(C2CCN(CCCNC(=O)CC3(c4ccc(Cl)cc4)CCCCC3)CC2)c1. The molecule has 0 spiro atoms. The van der Waals surface area contributed by atoms with Gasteiger partial charge in [0.15, 0.2) is 0 Å². The molecule has 0 radical (unpaired) electrons. The average molecular weight is 510 g/mol. The third kappa shape index (κ3) is 7.33. The van der Waals surface area contributed by atoms with E-state index < -0.39 is 0 Å². The van der Waals surface area contributed by atoms with E-state index >= 15 is 0 Å².